The predicted molar refractivity (Wildman–Crippen MR) is 61.3 cm³/mol. The largest absolute Gasteiger partial charge is 0.341 e. The standard InChI is InChI=1S/C12H20N2O/c1-3-4-5-6-9-14-10-7-8-11(13-2)12(14)15/h1,11,13H,4-10H2,2H3. The van der Waals surface area contributed by atoms with Gasteiger partial charge in [0.15, 0.2) is 0 Å². The van der Waals surface area contributed by atoms with Gasteiger partial charge in [-0.2, -0.15) is 0 Å². The summed E-state index contributed by atoms with van der Waals surface area (Å²) in [5, 5.41) is 3.06. The van der Waals surface area contributed by atoms with E-state index in [9.17, 15) is 4.79 Å². The van der Waals surface area contributed by atoms with E-state index < -0.39 is 0 Å². The number of amides is 1. The molecule has 0 radical (unpaired) electrons. The number of nitrogens with one attached hydrogen (secondary N) is 1. The summed E-state index contributed by atoms with van der Waals surface area (Å²) in [4.78, 5) is 13.8. The van der Waals surface area contributed by atoms with Gasteiger partial charge in [0.05, 0.1) is 6.04 Å². The first-order valence-electron chi connectivity index (χ1n) is 5.69. The van der Waals surface area contributed by atoms with Crippen molar-refractivity contribution in [2.75, 3.05) is 20.1 Å². The number of rotatable bonds is 5. The van der Waals surface area contributed by atoms with Crippen molar-refractivity contribution in [2.45, 2.75) is 38.1 Å². The molecule has 1 unspecified atom stereocenters. The van der Waals surface area contributed by atoms with E-state index in [0.717, 1.165) is 45.2 Å². The molecule has 0 spiro atoms. The lowest BCUT2D eigenvalue weighted by Crippen LogP contribution is -2.49. The zero-order valence-electron chi connectivity index (χ0n) is 9.46. The average Bonchev–Trinajstić information content (AvgIpc) is 2.26. The summed E-state index contributed by atoms with van der Waals surface area (Å²) < 4.78 is 0. The van der Waals surface area contributed by atoms with Crippen LogP contribution in [-0.2, 0) is 4.79 Å². The van der Waals surface area contributed by atoms with Crippen molar-refractivity contribution >= 4 is 5.91 Å². The fraction of sp³-hybridized carbons (Fsp3) is 0.750. The molecule has 0 aromatic heterocycles. The van der Waals surface area contributed by atoms with Gasteiger partial charge in [-0.3, -0.25) is 4.79 Å². The van der Waals surface area contributed by atoms with Gasteiger partial charge in [-0.15, -0.1) is 12.3 Å². The maximum absolute atomic E-state index is 11.8. The third-order valence-corrected chi connectivity index (χ3v) is 2.88. The monoisotopic (exact) mass is 208 g/mol. The van der Waals surface area contributed by atoms with Crippen molar-refractivity contribution in [1.82, 2.24) is 10.2 Å². The SMILES string of the molecule is C#CCCCCN1CCCC(NC)C1=O. The average molecular weight is 208 g/mol. The van der Waals surface area contributed by atoms with Gasteiger partial charge in [0, 0.05) is 19.5 Å². The van der Waals surface area contributed by atoms with Crippen LogP contribution in [0.3, 0.4) is 0 Å². The van der Waals surface area contributed by atoms with Gasteiger partial charge in [-0.25, -0.2) is 0 Å². The van der Waals surface area contributed by atoms with Crippen molar-refractivity contribution in [3.63, 3.8) is 0 Å². The van der Waals surface area contributed by atoms with Gasteiger partial charge in [0.1, 0.15) is 0 Å². The molecule has 1 atom stereocenters. The molecule has 3 heteroatoms. The molecule has 0 aliphatic carbocycles. The van der Waals surface area contributed by atoms with Crippen molar-refractivity contribution in [3.8, 4) is 12.3 Å². The normalized spacial score (nSPS) is 21.5. The van der Waals surface area contributed by atoms with Crippen molar-refractivity contribution in [3.05, 3.63) is 0 Å². The third kappa shape index (κ3) is 3.56. The van der Waals surface area contributed by atoms with E-state index in [2.05, 4.69) is 11.2 Å². The summed E-state index contributed by atoms with van der Waals surface area (Å²) in [5.74, 6) is 2.87. The molecular formula is C12H20N2O. The summed E-state index contributed by atoms with van der Waals surface area (Å²) in [6.45, 7) is 1.77. The number of hydrogen-bond donors (Lipinski definition) is 1. The highest BCUT2D eigenvalue weighted by atomic mass is 16.2. The summed E-state index contributed by atoms with van der Waals surface area (Å²) in [6, 6.07) is 0.0337. The molecule has 1 aliphatic heterocycles. The van der Waals surface area contributed by atoms with Crippen LogP contribution in [0.1, 0.15) is 32.1 Å². The molecule has 0 aromatic carbocycles. The number of likely N-dealkylation sites (tertiary alicyclic amines) is 1. The minimum atomic E-state index is 0.0337. The number of hydrogen-bond acceptors (Lipinski definition) is 2. The van der Waals surface area contributed by atoms with E-state index in [1.165, 1.54) is 0 Å². The highest BCUT2D eigenvalue weighted by Crippen LogP contribution is 2.12. The van der Waals surface area contributed by atoms with Gasteiger partial charge in [-0.1, -0.05) is 0 Å². The quantitative estimate of drug-likeness (QED) is 0.540. The second-order valence-corrected chi connectivity index (χ2v) is 3.97. The van der Waals surface area contributed by atoms with Crippen LogP contribution in [0.25, 0.3) is 0 Å². The highest BCUT2D eigenvalue weighted by Gasteiger charge is 2.26. The third-order valence-electron chi connectivity index (χ3n) is 2.88. The first kappa shape index (κ1) is 12.1. The Bertz CT molecular complexity index is 244. The van der Waals surface area contributed by atoms with Crippen LogP contribution in [0.4, 0.5) is 0 Å². The Balaban J connectivity index is 2.28. The van der Waals surface area contributed by atoms with Crippen molar-refractivity contribution in [2.24, 2.45) is 0 Å². The lowest BCUT2D eigenvalue weighted by Gasteiger charge is -2.32. The van der Waals surface area contributed by atoms with E-state index in [4.69, 9.17) is 6.42 Å². The van der Waals surface area contributed by atoms with E-state index in [1.807, 2.05) is 11.9 Å². The minimum absolute atomic E-state index is 0.0337. The molecule has 1 rings (SSSR count). The number of carbonyl (C=O) groups is 1. The summed E-state index contributed by atoms with van der Waals surface area (Å²) in [7, 11) is 1.85. The molecule has 1 N–H and O–H groups in total. The summed E-state index contributed by atoms with van der Waals surface area (Å²) in [6.07, 6.45) is 10.1. The number of terminal acetylenes is 1. The minimum Gasteiger partial charge on any atom is -0.341 e. The Labute approximate surface area is 92.2 Å². The highest BCUT2D eigenvalue weighted by molar-refractivity contribution is 5.82. The van der Waals surface area contributed by atoms with Crippen LogP contribution in [0, 0.1) is 12.3 Å². The summed E-state index contributed by atoms with van der Waals surface area (Å²) in [5.41, 5.74) is 0. The lowest BCUT2D eigenvalue weighted by atomic mass is 10.0. The molecule has 3 nitrogen and oxygen atoms in total. The number of piperidine rings is 1. The molecule has 1 saturated heterocycles. The zero-order valence-corrected chi connectivity index (χ0v) is 9.46. The lowest BCUT2D eigenvalue weighted by molar-refractivity contribution is -0.135. The Morgan fingerprint density at radius 3 is 3.07 bits per heavy atom. The van der Waals surface area contributed by atoms with Crippen LogP contribution < -0.4 is 5.32 Å². The Hall–Kier alpha value is -1.01. The van der Waals surface area contributed by atoms with Crippen LogP contribution in [0.5, 0.6) is 0 Å². The van der Waals surface area contributed by atoms with Crippen molar-refractivity contribution < 1.29 is 4.79 Å². The van der Waals surface area contributed by atoms with Crippen molar-refractivity contribution in [1.29, 1.82) is 0 Å². The van der Waals surface area contributed by atoms with E-state index in [0.29, 0.717) is 0 Å². The van der Waals surface area contributed by atoms with Crippen LogP contribution >= 0.6 is 0 Å². The van der Waals surface area contributed by atoms with Crippen LogP contribution in [0.15, 0.2) is 0 Å². The van der Waals surface area contributed by atoms with Gasteiger partial charge < -0.3 is 10.2 Å². The van der Waals surface area contributed by atoms with Gasteiger partial charge in [0.25, 0.3) is 0 Å². The first-order valence-corrected chi connectivity index (χ1v) is 5.69. The molecule has 1 aliphatic rings. The summed E-state index contributed by atoms with van der Waals surface area (Å²) >= 11 is 0. The zero-order chi connectivity index (χ0) is 11.1. The van der Waals surface area contributed by atoms with E-state index in [-0.39, 0.29) is 11.9 Å². The number of carbonyl (C=O) groups excluding carboxylic acids is 1. The molecule has 0 aromatic rings. The van der Waals surface area contributed by atoms with Gasteiger partial charge in [-0.05, 0) is 32.7 Å². The van der Waals surface area contributed by atoms with Gasteiger partial charge >= 0.3 is 0 Å². The Morgan fingerprint density at radius 1 is 1.60 bits per heavy atom. The van der Waals surface area contributed by atoms with E-state index in [1.54, 1.807) is 0 Å². The predicted octanol–water partition coefficient (Wildman–Crippen LogP) is 1.00. The number of nitrogens with zero attached hydrogens (tertiary/aromatic N) is 1. The molecule has 1 heterocycles. The van der Waals surface area contributed by atoms with Crippen LogP contribution in [0.2, 0.25) is 0 Å². The fourth-order valence-electron chi connectivity index (χ4n) is 1.96. The Kier molecular flexibility index (Phi) is 5.20. The fourth-order valence-corrected chi connectivity index (χ4v) is 1.96. The maximum atomic E-state index is 11.8. The molecule has 84 valence electrons. The number of unbranched alkanes of at least 4 members (excludes halogenated alkanes) is 2. The molecule has 0 bridgehead atoms. The molecular weight excluding hydrogens is 188 g/mol. The molecule has 0 saturated carbocycles. The van der Waals surface area contributed by atoms with Gasteiger partial charge in [0.2, 0.25) is 5.91 Å². The van der Waals surface area contributed by atoms with E-state index >= 15 is 0 Å². The topological polar surface area (TPSA) is 32.3 Å². The maximum Gasteiger partial charge on any atom is 0.239 e. The number of likely N-dealkylation sites (N-methyl/N-ethyl adjacent to an activating group) is 1. The smallest absolute Gasteiger partial charge is 0.239 e. The molecule has 1 amide bonds. The van der Waals surface area contributed by atoms with Crippen LogP contribution in [-0.4, -0.2) is 37.0 Å². The second kappa shape index (κ2) is 6.47. The molecule has 1 fully saturated rings. The Morgan fingerprint density at radius 2 is 2.40 bits per heavy atom. The molecule has 15 heavy (non-hydrogen) atoms. The first-order chi connectivity index (χ1) is 7.29. The second-order valence-electron chi connectivity index (χ2n) is 3.97.